The zero-order valence-electron chi connectivity index (χ0n) is 28.8. The molecule has 1 saturated heterocycles. The number of hydrogen-bond donors (Lipinski definition) is 1. The van der Waals surface area contributed by atoms with Crippen molar-refractivity contribution < 1.29 is 42.9 Å². The second-order valence-corrected chi connectivity index (χ2v) is 16.4. The van der Waals surface area contributed by atoms with Crippen molar-refractivity contribution in [3.8, 4) is 6.07 Å². The minimum atomic E-state index is -1.38. The van der Waals surface area contributed by atoms with Gasteiger partial charge in [-0.2, -0.15) is 5.26 Å². The van der Waals surface area contributed by atoms with Crippen molar-refractivity contribution in [2.75, 3.05) is 6.61 Å². The smallest absolute Gasteiger partial charge is 0.311 e. The normalized spacial score (nSPS) is 24.3. The molecule has 0 spiro atoms. The van der Waals surface area contributed by atoms with Gasteiger partial charge >= 0.3 is 23.9 Å². The summed E-state index contributed by atoms with van der Waals surface area (Å²) in [6.45, 7) is 25.2. The summed E-state index contributed by atoms with van der Waals surface area (Å²) >= 11 is 0. The molecule has 43 heavy (non-hydrogen) atoms. The van der Waals surface area contributed by atoms with E-state index in [-0.39, 0.29) is 6.61 Å². The van der Waals surface area contributed by atoms with Gasteiger partial charge in [-0.25, -0.2) is 0 Å². The highest BCUT2D eigenvalue weighted by atomic mass is 16.7. The minimum Gasteiger partial charge on any atom is -0.462 e. The second-order valence-electron chi connectivity index (χ2n) is 16.4. The minimum absolute atomic E-state index is 0.368. The van der Waals surface area contributed by atoms with Crippen LogP contribution in [0, 0.1) is 38.4 Å². The van der Waals surface area contributed by atoms with Gasteiger partial charge in [0.2, 0.25) is 0 Å². The molecule has 1 heterocycles. The van der Waals surface area contributed by atoms with Crippen LogP contribution in [0.15, 0.2) is 0 Å². The van der Waals surface area contributed by atoms with E-state index >= 15 is 0 Å². The number of esters is 4. The molecular formula is C32H54N2O9. The third-order valence-electron chi connectivity index (χ3n) is 6.52. The second kappa shape index (κ2) is 13.5. The maximum absolute atomic E-state index is 13.3. The molecule has 11 nitrogen and oxygen atoms in total. The van der Waals surface area contributed by atoms with Crippen molar-refractivity contribution in [3.05, 3.63) is 0 Å². The van der Waals surface area contributed by atoms with E-state index < -0.39 is 87.6 Å². The van der Waals surface area contributed by atoms with E-state index in [9.17, 15) is 24.4 Å². The van der Waals surface area contributed by atoms with Gasteiger partial charge < -0.3 is 23.7 Å². The molecule has 1 aliphatic heterocycles. The molecule has 0 saturated carbocycles. The van der Waals surface area contributed by atoms with Crippen molar-refractivity contribution in [3.63, 3.8) is 0 Å². The van der Waals surface area contributed by atoms with Gasteiger partial charge in [0.15, 0.2) is 24.5 Å². The fraction of sp³-hybridized carbons (Fsp3) is 0.844. The summed E-state index contributed by atoms with van der Waals surface area (Å²) in [7, 11) is 0. The van der Waals surface area contributed by atoms with Gasteiger partial charge in [0, 0.05) is 0 Å². The van der Waals surface area contributed by atoms with Gasteiger partial charge in [-0.1, -0.05) is 20.8 Å². The van der Waals surface area contributed by atoms with Gasteiger partial charge in [-0.3, -0.25) is 24.5 Å². The zero-order chi connectivity index (χ0) is 33.9. The van der Waals surface area contributed by atoms with Gasteiger partial charge in [-0.05, 0) is 88.5 Å². The topological polar surface area (TPSA) is 150 Å². The molecule has 0 aliphatic carbocycles. The van der Waals surface area contributed by atoms with Gasteiger partial charge in [0.05, 0.1) is 27.7 Å². The third-order valence-corrected chi connectivity index (χ3v) is 6.52. The molecule has 0 bridgehead atoms. The van der Waals surface area contributed by atoms with Crippen LogP contribution in [-0.2, 0) is 42.9 Å². The summed E-state index contributed by atoms with van der Waals surface area (Å²) in [6, 6.07) is 1.40. The molecule has 0 unspecified atom stereocenters. The Morgan fingerprint density at radius 2 is 1.02 bits per heavy atom. The summed E-state index contributed by atoms with van der Waals surface area (Å²) in [4.78, 5) is 52.6. The van der Waals surface area contributed by atoms with Crippen LogP contribution in [0.2, 0.25) is 0 Å². The monoisotopic (exact) mass is 610 g/mol. The van der Waals surface area contributed by atoms with Crippen LogP contribution >= 0.6 is 0 Å². The van der Waals surface area contributed by atoms with Crippen molar-refractivity contribution in [1.82, 2.24) is 5.32 Å². The molecule has 1 rings (SSSR count). The van der Waals surface area contributed by atoms with Gasteiger partial charge in [0.1, 0.15) is 18.8 Å². The van der Waals surface area contributed by atoms with Crippen LogP contribution in [-0.4, -0.2) is 67.2 Å². The lowest BCUT2D eigenvalue weighted by Crippen LogP contribution is -2.68. The summed E-state index contributed by atoms with van der Waals surface area (Å²) in [5.41, 5.74) is -4.33. The number of rotatable bonds is 7. The van der Waals surface area contributed by atoms with Crippen LogP contribution in [0.25, 0.3) is 0 Å². The molecule has 0 aromatic rings. The Hall–Kier alpha value is -2.71. The fourth-order valence-corrected chi connectivity index (χ4v) is 3.51. The molecule has 6 atom stereocenters. The van der Waals surface area contributed by atoms with Crippen molar-refractivity contribution in [1.29, 1.82) is 5.26 Å². The highest BCUT2D eigenvalue weighted by molar-refractivity contribution is 5.78. The molecule has 1 fully saturated rings. The van der Waals surface area contributed by atoms with Crippen molar-refractivity contribution in [2.45, 2.75) is 141 Å². The maximum atomic E-state index is 13.3. The average molecular weight is 611 g/mol. The Kier molecular flexibility index (Phi) is 12.0. The third kappa shape index (κ3) is 11.1. The van der Waals surface area contributed by atoms with E-state index in [4.69, 9.17) is 23.7 Å². The quantitative estimate of drug-likeness (QED) is 0.315. The number of nitriles is 1. The van der Waals surface area contributed by atoms with Crippen LogP contribution in [0.3, 0.4) is 0 Å². The Labute approximate surface area is 257 Å². The number of ether oxygens (including phenoxy) is 5. The molecule has 246 valence electrons. The van der Waals surface area contributed by atoms with Crippen LogP contribution < -0.4 is 5.32 Å². The Bertz CT molecular complexity index is 1060. The van der Waals surface area contributed by atoms with E-state index in [0.717, 1.165) is 0 Å². The molecular weight excluding hydrogens is 556 g/mol. The molecule has 1 aliphatic rings. The Balaban J connectivity index is 3.87. The van der Waals surface area contributed by atoms with E-state index in [1.807, 2.05) is 20.8 Å². The Morgan fingerprint density at radius 3 is 1.37 bits per heavy atom. The maximum Gasteiger partial charge on any atom is 0.311 e. The fourth-order valence-electron chi connectivity index (χ4n) is 3.51. The number of carbonyl (C=O) groups is 4. The van der Waals surface area contributed by atoms with Gasteiger partial charge in [0.25, 0.3) is 0 Å². The van der Waals surface area contributed by atoms with Crippen LogP contribution in [0.1, 0.15) is 104 Å². The van der Waals surface area contributed by atoms with E-state index in [1.165, 1.54) is 0 Å². The first-order chi connectivity index (χ1) is 19.1. The standard InChI is InChI=1S/C32H54N2O9/c1-28(2,3)19(16-33)34-23-22(43-27(38)32(13,14)15)21(42-26(37)31(10,11)12)20(41-25(36)30(7,8)9)18(40-23)17-39-24(35)29(4,5)6/h18-23,34H,17H2,1-15H3/t18-,19-,20+,21+,22-,23-/m1/s1. The van der Waals surface area contributed by atoms with E-state index in [0.29, 0.717) is 0 Å². The number of nitrogens with one attached hydrogen (secondary N) is 1. The molecule has 11 heteroatoms. The number of carbonyl (C=O) groups excluding carboxylic acids is 4. The molecule has 0 aromatic carbocycles. The lowest BCUT2D eigenvalue weighted by molar-refractivity contribution is -0.266. The SMILES string of the molecule is CC(C)(C)C(=O)OC[C@H]1O[C@@H](N[C@H](C#N)C(C)(C)C)[C@H](OC(=O)C(C)(C)C)[C@@H](OC(=O)C(C)(C)C)[C@H]1OC(=O)C(C)(C)C. The first kappa shape index (κ1) is 38.3. The lowest BCUT2D eigenvalue weighted by atomic mass is 9.86. The van der Waals surface area contributed by atoms with E-state index in [1.54, 1.807) is 83.1 Å². The van der Waals surface area contributed by atoms with E-state index in [2.05, 4.69) is 11.4 Å². The predicted octanol–water partition coefficient (Wildman–Crippen LogP) is 4.70. The summed E-state index contributed by atoms with van der Waals surface area (Å²) in [5.74, 6) is -2.45. The van der Waals surface area contributed by atoms with Gasteiger partial charge in [-0.15, -0.1) is 0 Å². The first-order valence-electron chi connectivity index (χ1n) is 14.7. The zero-order valence-corrected chi connectivity index (χ0v) is 28.8. The molecule has 1 N–H and O–H groups in total. The first-order valence-corrected chi connectivity index (χ1v) is 14.7. The van der Waals surface area contributed by atoms with Crippen LogP contribution in [0.5, 0.6) is 0 Å². The van der Waals surface area contributed by atoms with Crippen LogP contribution in [0.4, 0.5) is 0 Å². The highest BCUT2D eigenvalue weighted by Gasteiger charge is 2.55. The highest BCUT2D eigenvalue weighted by Crippen LogP contribution is 2.34. The average Bonchev–Trinajstić information content (AvgIpc) is 2.80. The van der Waals surface area contributed by atoms with Crippen molar-refractivity contribution >= 4 is 23.9 Å². The number of nitrogens with zero attached hydrogens (tertiary/aromatic N) is 1. The molecule has 0 radical (unpaired) electrons. The van der Waals surface area contributed by atoms with Crippen molar-refractivity contribution in [2.24, 2.45) is 27.1 Å². The largest absolute Gasteiger partial charge is 0.462 e. The number of hydrogen-bond acceptors (Lipinski definition) is 11. The lowest BCUT2D eigenvalue weighted by Gasteiger charge is -2.47. The molecule has 0 aromatic heterocycles. The summed E-state index contributed by atoms with van der Waals surface area (Å²) < 4.78 is 29.8. The molecule has 0 amide bonds. The summed E-state index contributed by atoms with van der Waals surface area (Å²) in [5, 5.41) is 13.1. The predicted molar refractivity (Wildman–Crippen MR) is 159 cm³/mol. The summed E-state index contributed by atoms with van der Waals surface area (Å²) in [6.07, 6.45) is -6.43. The Morgan fingerprint density at radius 1 is 0.651 bits per heavy atom.